The van der Waals surface area contributed by atoms with E-state index in [0.29, 0.717) is 31.0 Å². The molecule has 32 heavy (non-hydrogen) atoms. The molecule has 2 aromatic carbocycles. The molecule has 1 amide bonds. The third kappa shape index (κ3) is 4.24. The van der Waals surface area contributed by atoms with Crippen LogP contribution in [0.3, 0.4) is 0 Å². The van der Waals surface area contributed by atoms with E-state index in [9.17, 15) is 4.79 Å². The molecule has 1 aliphatic heterocycles. The molecule has 168 valence electrons. The molecule has 6 heteroatoms. The maximum Gasteiger partial charge on any atom is 0.240 e. The van der Waals surface area contributed by atoms with Crippen LogP contribution in [0.25, 0.3) is 11.0 Å². The SMILES string of the molecule is COc1ccc(C2C(CNC(=O)Cn3c(C4CC4)nc4ccccc43)CCCN2C)cc1. The second-order valence-corrected chi connectivity index (χ2v) is 9.22. The van der Waals surface area contributed by atoms with Crippen LogP contribution in [0.4, 0.5) is 0 Å². The van der Waals surface area contributed by atoms with Crippen molar-refractivity contribution in [1.29, 1.82) is 0 Å². The summed E-state index contributed by atoms with van der Waals surface area (Å²) in [6.45, 7) is 2.10. The van der Waals surface area contributed by atoms with Gasteiger partial charge in [0.05, 0.1) is 18.1 Å². The lowest BCUT2D eigenvalue weighted by atomic mass is 9.85. The summed E-state index contributed by atoms with van der Waals surface area (Å²) in [6, 6.07) is 16.8. The molecule has 2 fully saturated rings. The molecule has 1 saturated carbocycles. The van der Waals surface area contributed by atoms with Gasteiger partial charge in [0.15, 0.2) is 0 Å². The summed E-state index contributed by atoms with van der Waals surface area (Å²) in [7, 11) is 3.88. The number of likely N-dealkylation sites (tertiary alicyclic amines) is 1. The van der Waals surface area contributed by atoms with Crippen LogP contribution >= 0.6 is 0 Å². The van der Waals surface area contributed by atoms with E-state index in [2.05, 4.69) is 40.0 Å². The fraction of sp³-hybridized carbons (Fsp3) is 0.462. The van der Waals surface area contributed by atoms with Gasteiger partial charge in [0.25, 0.3) is 0 Å². The van der Waals surface area contributed by atoms with Crippen molar-refractivity contribution in [3.05, 3.63) is 59.9 Å². The number of hydrogen-bond acceptors (Lipinski definition) is 4. The standard InChI is InChI=1S/C26H32N4O2/c1-29-15-5-6-20(25(29)18-11-13-21(32-2)14-12-18)16-27-24(31)17-30-23-8-4-3-7-22(23)28-26(30)19-9-10-19/h3-4,7-8,11-14,19-20,25H,5-6,9-10,15-17H2,1-2H3,(H,27,31). The summed E-state index contributed by atoms with van der Waals surface area (Å²) >= 11 is 0. The summed E-state index contributed by atoms with van der Waals surface area (Å²) in [5.41, 5.74) is 3.32. The normalized spacial score (nSPS) is 21.6. The largest absolute Gasteiger partial charge is 0.497 e. The molecular weight excluding hydrogens is 400 g/mol. The molecule has 1 N–H and O–H groups in total. The number of para-hydroxylation sites is 2. The molecule has 2 heterocycles. The van der Waals surface area contributed by atoms with Gasteiger partial charge in [-0.1, -0.05) is 24.3 Å². The Morgan fingerprint density at radius 3 is 2.66 bits per heavy atom. The van der Waals surface area contributed by atoms with Crippen LogP contribution in [0.2, 0.25) is 0 Å². The number of carbonyl (C=O) groups excluding carboxylic acids is 1. The fourth-order valence-corrected chi connectivity index (χ4v) is 5.16. The number of amides is 1. The fourth-order valence-electron chi connectivity index (χ4n) is 5.16. The summed E-state index contributed by atoms with van der Waals surface area (Å²) in [6.07, 6.45) is 4.61. The lowest BCUT2D eigenvalue weighted by Gasteiger charge is -2.39. The van der Waals surface area contributed by atoms with E-state index >= 15 is 0 Å². The third-order valence-corrected chi connectivity index (χ3v) is 6.95. The maximum atomic E-state index is 13.0. The van der Waals surface area contributed by atoms with Crippen molar-refractivity contribution >= 4 is 16.9 Å². The van der Waals surface area contributed by atoms with E-state index in [1.54, 1.807) is 7.11 Å². The molecular formula is C26H32N4O2. The molecule has 2 unspecified atom stereocenters. The van der Waals surface area contributed by atoms with E-state index in [0.717, 1.165) is 42.0 Å². The minimum Gasteiger partial charge on any atom is -0.497 e. The van der Waals surface area contributed by atoms with Crippen molar-refractivity contribution in [2.45, 2.75) is 44.2 Å². The number of aromatic nitrogens is 2. The number of nitrogens with one attached hydrogen (secondary N) is 1. The highest BCUT2D eigenvalue weighted by atomic mass is 16.5. The van der Waals surface area contributed by atoms with Crippen LogP contribution in [-0.4, -0.2) is 47.6 Å². The molecule has 2 aliphatic rings. The minimum atomic E-state index is 0.0664. The first-order valence-corrected chi connectivity index (χ1v) is 11.7. The molecule has 0 bridgehead atoms. The molecule has 5 rings (SSSR count). The van der Waals surface area contributed by atoms with Crippen molar-refractivity contribution < 1.29 is 9.53 Å². The second-order valence-electron chi connectivity index (χ2n) is 9.22. The van der Waals surface area contributed by atoms with Crippen molar-refractivity contribution in [2.24, 2.45) is 5.92 Å². The predicted molar refractivity (Wildman–Crippen MR) is 126 cm³/mol. The lowest BCUT2D eigenvalue weighted by Crippen LogP contribution is -2.42. The van der Waals surface area contributed by atoms with Crippen molar-refractivity contribution in [2.75, 3.05) is 27.2 Å². The first-order chi connectivity index (χ1) is 15.6. The predicted octanol–water partition coefficient (Wildman–Crippen LogP) is 4.12. The Morgan fingerprint density at radius 2 is 1.91 bits per heavy atom. The number of fused-ring (bicyclic) bond motifs is 1. The Hall–Kier alpha value is -2.86. The first-order valence-electron chi connectivity index (χ1n) is 11.7. The van der Waals surface area contributed by atoms with E-state index in [4.69, 9.17) is 9.72 Å². The molecule has 1 saturated heterocycles. The number of imidazole rings is 1. The van der Waals surface area contributed by atoms with E-state index in [-0.39, 0.29) is 5.91 Å². The number of hydrogen-bond donors (Lipinski definition) is 1. The highest BCUT2D eigenvalue weighted by molar-refractivity contribution is 5.81. The number of rotatable bonds is 7. The Labute approximate surface area is 189 Å². The number of methoxy groups -OCH3 is 1. The highest BCUT2D eigenvalue weighted by Gasteiger charge is 2.32. The van der Waals surface area contributed by atoms with Crippen LogP contribution in [-0.2, 0) is 11.3 Å². The number of benzene rings is 2. The number of ether oxygens (including phenoxy) is 1. The van der Waals surface area contributed by atoms with Gasteiger partial charge in [0.1, 0.15) is 18.1 Å². The van der Waals surface area contributed by atoms with Crippen molar-refractivity contribution in [3.63, 3.8) is 0 Å². The van der Waals surface area contributed by atoms with Gasteiger partial charge in [-0.25, -0.2) is 4.98 Å². The quantitative estimate of drug-likeness (QED) is 0.610. The van der Waals surface area contributed by atoms with Crippen LogP contribution < -0.4 is 10.1 Å². The van der Waals surface area contributed by atoms with Crippen LogP contribution in [0.1, 0.15) is 49.0 Å². The van der Waals surface area contributed by atoms with Gasteiger partial charge in [-0.3, -0.25) is 9.69 Å². The van der Waals surface area contributed by atoms with E-state index in [1.165, 1.54) is 18.4 Å². The molecule has 3 aromatic rings. The molecule has 1 aliphatic carbocycles. The van der Waals surface area contributed by atoms with Crippen molar-refractivity contribution in [3.8, 4) is 5.75 Å². The second kappa shape index (κ2) is 8.94. The highest BCUT2D eigenvalue weighted by Crippen LogP contribution is 2.40. The molecule has 6 nitrogen and oxygen atoms in total. The molecule has 2 atom stereocenters. The smallest absolute Gasteiger partial charge is 0.240 e. The average molecular weight is 433 g/mol. The van der Waals surface area contributed by atoms with Gasteiger partial charge in [-0.15, -0.1) is 0 Å². The minimum absolute atomic E-state index is 0.0664. The Bertz CT molecular complexity index is 1090. The summed E-state index contributed by atoms with van der Waals surface area (Å²) in [5, 5.41) is 3.25. The van der Waals surface area contributed by atoms with E-state index in [1.807, 2.05) is 30.3 Å². The lowest BCUT2D eigenvalue weighted by molar-refractivity contribution is -0.122. The Kier molecular flexibility index (Phi) is 5.87. The van der Waals surface area contributed by atoms with Gasteiger partial charge in [0, 0.05) is 18.5 Å². The average Bonchev–Trinajstić information content (AvgIpc) is 3.60. The van der Waals surface area contributed by atoms with Gasteiger partial charge < -0.3 is 14.6 Å². The Morgan fingerprint density at radius 1 is 1.12 bits per heavy atom. The zero-order valence-corrected chi connectivity index (χ0v) is 19.0. The monoisotopic (exact) mass is 432 g/mol. The van der Waals surface area contributed by atoms with Gasteiger partial charge in [-0.05, 0) is 75.0 Å². The maximum absolute atomic E-state index is 13.0. The zero-order valence-electron chi connectivity index (χ0n) is 19.0. The van der Waals surface area contributed by atoms with E-state index < -0.39 is 0 Å². The van der Waals surface area contributed by atoms with Gasteiger partial charge >= 0.3 is 0 Å². The van der Waals surface area contributed by atoms with Crippen LogP contribution in [0, 0.1) is 5.92 Å². The summed E-state index contributed by atoms with van der Waals surface area (Å²) in [5.74, 6) is 2.89. The Balaban J connectivity index is 1.28. The summed E-state index contributed by atoms with van der Waals surface area (Å²) in [4.78, 5) is 20.2. The number of nitrogens with zero attached hydrogens (tertiary/aromatic N) is 3. The molecule has 0 spiro atoms. The topological polar surface area (TPSA) is 59.4 Å². The molecule has 1 aromatic heterocycles. The van der Waals surface area contributed by atoms with Crippen LogP contribution in [0.5, 0.6) is 5.75 Å². The van der Waals surface area contributed by atoms with Gasteiger partial charge in [0.2, 0.25) is 5.91 Å². The zero-order chi connectivity index (χ0) is 22.1. The number of piperidine rings is 1. The van der Waals surface area contributed by atoms with Crippen molar-refractivity contribution in [1.82, 2.24) is 19.8 Å². The third-order valence-electron chi connectivity index (χ3n) is 6.95. The first kappa shape index (κ1) is 21.0. The van der Waals surface area contributed by atoms with Crippen LogP contribution in [0.15, 0.2) is 48.5 Å². The van der Waals surface area contributed by atoms with Gasteiger partial charge in [-0.2, -0.15) is 0 Å². The number of carbonyl (C=O) groups is 1. The summed E-state index contributed by atoms with van der Waals surface area (Å²) < 4.78 is 7.44. The molecule has 0 radical (unpaired) electrons.